The van der Waals surface area contributed by atoms with Gasteiger partial charge in [-0.25, -0.2) is 4.79 Å². The molecule has 27 heavy (non-hydrogen) atoms. The minimum atomic E-state index is -5.11. The summed E-state index contributed by atoms with van der Waals surface area (Å²) in [7, 11) is 0. The van der Waals surface area contributed by atoms with Gasteiger partial charge in [0.15, 0.2) is 0 Å². The van der Waals surface area contributed by atoms with Crippen LogP contribution in [0.5, 0.6) is 0 Å². The van der Waals surface area contributed by atoms with Crippen molar-refractivity contribution < 1.29 is 37.2 Å². The average molecular weight is 411 g/mol. The number of hydrogen-bond donors (Lipinski definition) is 1. The van der Waals surface area contributed by atoms with Gasteiger partial charge < -0.3 is 14.8 Å². The Morgan fingerprint density at radius 3 is 2.44 bits per heavy atom. The molecule has 4 atom stereocenters. The fourth-order valence-electron chi connectivity index (χ4n) is 2.51. The number of carbonyl (C=O) groups excluding carboxylic acids is 2. The van der Waals surface area contributed by atoms with E-state index in [0.717, 1.165) is 24.3 Å². The van der Waals surface area contributed by atoms with Crippen molar-refractivity contribution >= 4 is 29.2 Å². The molecule has 1 fully saturated rings. The summed E-state index contributed by atoms with van der Waals surface area (Å²) in [6.07, 6.45) is -7.47. The molecule has 1 saturated heterocycles. The molecule has 1 aliphatic rings. The number of alkyl halides is 4. The van der Waals surface area contributed by atoms with E-state index in [2.05, 4.69) is 0 Å². The first-order valence-corrected chi connectivity index (χ1v) is 8.05. The first-order chi connectivity index (χ1) is 12.5. The molecule has 2 rings (SSSR count). The average Bonchev–Trinajstić information content (AvgIpc) is 2.56. The Balaban J connectivity index is 2.15. The van der Waals surface area contributed by atoms with E-state index in [1.165, 1.54) is 6.92 Å². The normalized spacial score (nSPS) is 25.5. The predicted octanol–water partition coefficient (Wildman–Crippen LogP) is 2.54. The van der Waals surface area contributed by atoms with E-state index in [9.17, 15) is 32.9 Å². The number of carbonyl (C=O) groups is 2. The number of rotatable bonds is 4. The summed E-state index contributed by atoms with van der Waals surface area (Å²) in [5.74, 6) is -3.13. The monoisotopic (exact) mass is 410 g/mol. The van der Waals surface area contributed by atoms with E-state index >= 15 is 0 Å². The summed E-state index contributed by atoms with van der Waals surface area (Å²) in [5.41, 5.74) is -1.28. The molecule has 1 aromatic carbocycles. The third-order valence-electron chi connectivity index (χ3n) is 3.79. The van der Waals surface area contributed by atoms with Crippen LogP contribution in [0.1, 0.15) is 23.7 Å². The van der Waals surface area contributed by atoms with E-state index in [0.29, 0.717) is 0 Å². The highest BCUT2D eigenvalue weighted by Crippen LogP contribution is 2.27. The van der Waals surface area contributed by atoms with Crippen LogP contribution in [0.4, 0.5) is 18.9 Å². The van der Waals surface area contributed by atoms with Gasteiger partial charge >= 0.3 is 18.1 Å². The Kier molecular flexibility index (Phi) is 6.26. The SMILES string of the molecule is C[C@@H]1O[C@@H](Cl)C[C@@H](NC(=O)C(F)(F)F)[C@@H]1OC(=O)c1ccc([N+](=O)[O-])cc1. The topological polar surface area (TPSA) is 108 Å². The minimum absolute atomic E-state index is 0.0540. The number of nitro groups is 1. The molecular weight excluding hydrogens is 397 g/mol. The molecule has 8 nitrogen and oxygen atoms in total. The molecular formula is C15H14ClF3N2O6. The van der Waals surface area contributed by atoms with Gasteiger partial charge in [0.25, 0.3) is 5.69 Å². The third-order valence-corrected chi connectivity index (χ3v) is 4.07. The van der Waals surface area contributed by atoms with E-state index < -0.39 is 46.8 Å². The lowest BCUT2D eigenvalue weighted by Crippen LogP contribution is -2.57. The molecule has 0 aliphatic carbocycles. The molecule has 1 amide bonds. The summed E-state index contributed by atoms with van der Waals surface area (Å²) in [4.78, 5) is 33.4. The van der Waals surface area contributed by atoms with Gasteiger partial charge in [-0.15, -0.1) is 0 Å². The fraction of sp³-hybridized carbons (Fsp3) is 0.467. The van der Waals surface area contributed by atoms with Crippen LogP contribution in [-0.4, -0.2) is 46.8 Å². The zero-order valence-corrected chi connectivity index (χ0v) is 14.5. The molecule has 0 bridgehead atoms. The Bertz CT molecular complexity index is 727. The zero-order chi connectivity index (χ0) is 20.4. The summed E-state index contributed by atoms with van der Waals surface area (Å²) < 4.78 is 48.0. The van der Waals surface area contributed by atoms with Crippen molar-refractivity contribution in [1.29, 1.82) is 0 Å². The van der Waals surface area contributed by atoms with Crippen molar-refractivity contribution in [3.8, 4) is 0 Å². The number of non-ortho nitro benzene ring substituents is 1. The second-order valence-electron chi connectivity index (χ2n) is 5.74. The highest BCUT2D eigenvalue weighted by Gasteiger charge is 2.45. The maximum atomic E-state index is 12.5. The molecule has 1 aromatic rings. The van der Waals surface area contributed by atoms with Crippen molar-refractivity contribution in [2.75, 3.05) is 0 Å². The first kappa shape index (κ1) is 20.9. The molecule has 0 unspecified atom stereocenters. The second-order valence-corrected chi connectivity index (χ2v) is 6.23. The lowest BCUT2D eigenvalue weighted by Gasteiger charge is -2.38. The molecule has 1 N–H and O–H groups in total. The minimum Gasteiger partial charge on any atom is -0.454 e. The van der Waals surface area contributed by atoms with Crippen molar-refractivity contribution in [1.82, 2.24) is 5.32 Å². The van der Waals surface area contributed by atoms with Gasteiger partial charge in [0.1, 0.15) is 11.7 Å². The molecule has 1 aliphatic heterocycles. The van der Waals surface area contributed by atoms with Gasteiger partial charge in [0.05, 0.1) is 22.6 Å². The van der Waals surface area contributed by atoms with Crippen molar-refractivity contribution in [3.05, 3.63) is 39.9 Å². The van der Waals surface area contributed by atoms with Crippen LogP contribution in [-0.2, 0) is 14.3 Å². The summed E-state index contributed by atoms with van der Waals surface area (Å²) in [6.45, 7) is 1.43. The van der Waals surface area contributed by atoms with Crippen LogP contribution in [0.3, 0.4) is 0 Å². The van der Waals surface area contributed by atoms with Gasteiger partial charge in [-0.1, -0.05) is 11.6 Å². The molecule has 1 heterocycles. The number of benzene rings is 1. The molecule has 0 saturated carbocycles. The quantitative estimate of drug-likeness (QED) is 0.354. The number of esters is 1. The number of amides is 1. The molecule has 0 radical (unpaired) electrons. The van der Waals surface area contributed by atoms with Crippen molar-refractivity contribution in [2.24, 2.45) is 0 Å². The third kappa shape index (κ3) is 5.30. The Hall–Kier alpha value is -2.40. The van der Waals surface area contributed by atoms with E-state index in [4.69, 9.17) is 21.1 Å². The maximum Gasteiger partial charge on any atom is 0.471 e. The lowest BCUT2D eigenvalue weighted by atomic mass is 10.00. The Labute approximate surface area is 155 Å². The van der Waals surface area contributed by atoms with Crippen LogP contribution in [0, 0.1) is 10.1 Å². The van der Waals surface area contributed by atoms with E-state index in [-0.39, 0.29) is 17.7 Å². The first-order valence-electron chi connectivity index (χ1n) is 7.61. The lowest BCUT2D eigenvalue weighted by molar-refractivity contribution is -0.384. The van der Waals surface area contributed by atoms with E-state index in [1.807, 2.05) is 0 Å². The summed E-state index contributed by atoms with van der Waals surface area (Å²) >= 11 is 5.81. The molecule has 12 heteroatoms. The zero-order valence-electron chi connectivity index (χ0n) is 13.7. The summed E-state index contributed by atoms with van der Waals surface area (Å²) in [6, 6.07) is 3.21. The number of halogens is 4. The highest BCUT2D eigenvalue weighted by molar-refractivity contribution is 6.19. The standard InChI is InChI=1S/C15H14ClF3N2O6/c1-7-12(10(6-11(16)26-7)20-14(23)15(17,18)19)27-13(22)8-2-4-9(5-3-8)21(24)25/h2-5,7,10-12H,6H2,1H3,(H,20,23)/t7-,10+,11+,12+/m0/s1. The van der Waals surface area contributed by atoms with Gasteiger partial charge in [-0.2, -0.15) is 13.2 Å². The number of hydrogen-bond acceptors (Lipinski definition) is 6. The van der Waals surface area contributed by atoms with Gasteiger partial charge in [-0.3, -0.25) is 14.9 Å². The largest absolute Gasteiger partial charge is 0.471 e. The fourth-order valence-corrected chi connectivity index (χ4v) is 2.86. The van der Waals surface area contributed by atoms with E-state index in [1.54, 1.807) is 5.32 Å². The highest BCUT2D eigenvalue weighted by atomic mass is 35.5. The number of ether oxygens (including phenoxy) is 2. The summed E-state index contributed by atoms with van der Waals surface area (Å²) in [5, 5.41) is 12.4. The number of nitrogens with one attached hydrogen (secondary N) is 1. The Morgan fingerprint density at radius 1 is 1.33 bits per heavy atom. The van der Waals surface area contributed by atoms with Crippen LogP contribution < -0.4 is 5.32 Å². The van der Waals surface area contributed by atoms with Crippen LogP contribution in [0.15, 0.2) is 24.3 Å². The maximum absolute atomic E-state index is 12.5. The second kappa shape index (κ2) is 8.09. The molecule has 0 aromatic heterocycles. The van der Waals surface area contributed by atoms with Crippen molar-refractivity contribution in [3.63, 3.8) is 0 Å². The number of nitro benzene ring substituents is 1. The van der Waals surface area contributed by atoms with Gasteiger partial charge in [0, 0.05) is 18.6 Å². The van der Waals surface area contributed by atoms with Gasteiger partial charge in [0.2, 0.25) is 0 Å². The smallest absolute Gasteiger partial charge is 0.454 e. The number of nitrogens with zero attached hydrogens (tertiary/aromatic N) is 1. The predicted molar refractivity (Wildman–Crippen MR) is 85.1 cm³/mol. The molecule has 0 spiro atoms. The van der Waals surface area contributed by atoms with Crippen LogP contribution in [0.2, 0.25) is 0 Å². The molecule has 148 valence electrons. The van der Waals surface area contributed by atoms with Gasteiger partial charge in [-0.05, 0) is 19.1 Å². The Morgan fingerprint density at radius 2 is 1.93 bits per heavy atom. The van der Waals surface area contributed by atoms with Crippen LogP contribution >= 0.6 is 11.6 Å². The van der Waals surface area contributed by atoms with Crippen molar-refractivity contribution in [2.45, 2.75) is 43.3 Å². The van der Waals surface area contributed by atoms with Crippen LogP contribution in [0.25, 0.3) is 0 Å².